The molecule has 1 saturated heterocycles. The minimum absolute atomic E-state index is 0.00577. The van der Waals surface area contributed by atoms with Crippen molar-refractivity contribution in [2.24, 2.45) is 11.8 Å². The van der Waals surface area contributed by atoms with Crippen LogP contribution in [0.15, 0.2) is 53.4 Å². The van der Waals surface area contributed by atoms with Crippen LogP contribution in [0, 0.1) is 11.8 Å². The Morgan fingerprint density at radius 3 is 2.61 bits per heavy atom. The topological polar surface area (TPSA) is 133 Å². The molecule has 0 aromatic heterocycles. The normalized spacial score (nSPS) is 29.5. The van der Waals surface area contributed by atoms with Gasteiger partial charge in [0.1, 0.15) is 23.2 Å². The van der Waals surface area contributed by atoms with Crippen LogP contribution in [-0.4, -0.2) is 96.2 Å². The lowest BCUT2D eigenvalue weighted by Gasteiger charge is -2.46. The number of benzene rings is 2. The van der Waals surface area contributed by atoms with Crippen LogP contribution < -0.4 is 19.1 Å². The van der Waals surface area contributed by atoms with Gasteiger partial charge in [-0.15, -0.1) is 0 Å². The van der Waals surface area contributed by atoms with Crippen molar-refractivity contribution in [1.29, 1.82) is 0 Å². The number of hydrogen-bond donors (Lipinski definition) is 1. The highest BCUT2D eigenvalue weighted by molar-refractivity contribution is 7.90. The van der Waals surface area contributed by atoms with Crippen molar-refractivity contribution in [2.45, 2.75) is 74.0 Å². The van der Waals surface area contributed by atoms with Gasteiger partial charge in [0, 0.05) is 55.9 Å². The number of carbonyl (C=O) groups is 2. The standard InChI is InChI=1S/C37H46ClN3O9S/c1-36(2)34(42)39-51(44,45)27-8-11-32-30(20-27)41(22-37(23-48-32)14-18-47-33-19-25(38)7-10-29(33)37)21-24-6-9-28(24)31(5-4-15-49-36)50-35(43)40(3)26-12-16-46-17-13-26/h4-5,7-8,10-11,19-20,24,26,28,31H,6,9,12-18,21-23H2,1-3H3,(H,39,42)/b5-4-/t24-,28+,31-,37-/m0/s1. The maximum atomic E-state index is 13.7. The minimum Gasteiger partial charge on any atom is -0.493 e. The summed E-state index contributed by atoms with van der Waals surface area (Å²) < 4.78 is 59.7. The molecule has 4 atom stereocenters. The van der Waals surface area contributed by atoms with E-state index in [4.69, 9.17) is 35.3 Å². The van der Waals surface area contributed by atoms with E-state index >= 15 is 0 Å². The van der Waals surface area contributed by atoms with Crippen molar-refractivity contribution < 1.29 is 41.7 Å². The molecule has 14 heteroatoms. The number of halogens is 1. The highest BCUT2D eigenvalue weighted by Gasteiger charge is 2.46. The highest BCUT2D eigenvalue weighted by Crippen LogP contribution is 2.48. The van der Waals surface area contributed by atoms with Crippen LogP contribution >= 0.6 is 11.6 Å². The van der Waals surface area contributed by atoms with Crippen molar-refractivity contribution in [3.63, 3.8) is 0 Å². The SMILES string of the molecule is CN(C(=O)O[C@H]1/C=C\COC(C)(C)C(=O)NS(=O)(=O)c2ccc3c(c2)N(C[C@@H]2CC[C@H]21)C[C@@]1(CCOc2cc(Cl)ccc21)CO3)C1CCOCC1. The summed E-state index contributed by atoms with van der Waals surface area (Å²) in [6.07, 6.45) is 6.58. The van der Waals surface area contributed by atoms with Gasteiger partial charge in [-0.1, -0.05) is 23.7 Å². The first-order valence-corrected chi connectivity index (χ1v) is 19.6. The monoisotopic (exact) mass is 743 g/mol. The number of anilines is 1. The van der Waals surface area contributed by atoms with Crippen LogP contribution in [0.25, 0.3) is 0 Å². The number of hydrogen-bond acceptors (Lipinski definition) is 10. The van der Waals surface area contributed by atoms with Crippen molar-refractivity contribution >= 4 is 39.3 Å². The molecule has 51 heavy (non-hydrogen) atoms. The van der Waals surface area contributed by atoms with Gasteiger partial charge in [-0.25, -0.2) is 17.9 Å². The Morgan fingerprint density at radius 2 is 1.84 bits per heavy atom. The summed E-state index contributed by atoms with van der Waals surface area (Å²) in [6, 6.07) is 10.4. The Balaban J connectivity index is 1.26. The Morgan fingerprint density at radius 1 is 1.04 bits per heavy atom. The Kier molecular flexibility index (Phi) is 9.94. The summed E-state index contributed by atoms with van der Waals surface area (Å²) in [5, 5.41) is 0.576. The molecule has 2 aromatic carbocycles. The minimum atomic E-state index is -4.26. The van der Waals surface area contributed by atoms with Crippen molar-refractivity contribution in [1.82, 2.24) is 9.62 Å². The average molecular weight is 744 g/mol. The van der Waals surface area contributed by atoms with Gasteiger partial charge in [0.2, 0.25) is 0 Å². The number of rotatable bonds is 2. The number of ether oxygens (including phenoxy) is 5. The molecule has 7 rings (SSSR count). The number of nitrogens with one attached hydrogen (secondary N) is 1. The fraction of sp³-hybridized carbons (Fsp3) is 0.568. The van der Waals surface area contributed by atoms with Crippen LogP contribution in [-0.2, 0) is 34.4 Å². The lowest BCUT2D eigenvalue weighted by molar-refractivity contribution is -0.139. The molecule has 1 spiro atoms. The quantitative estimate of drug-likeness (QED) is 0.416. The molecule has 0 radical (unpaired) electrons. The molecule has 276 valence electrons. The van der Waals surface area contributed by atoms with Gasteiger partial charge in [-0.2, -0.15) is 0 Å². The summed E-state index contributed by atoms with van der Waals surface area (Å²) in [7, 11) is -2.49. The Labute approximate surface area is 304 Å². The van der Waals surface area contributed by atoms with Gasteiger partial charge in [0.05, 0.1) is 35.8 Å². The van der Waals surface area contributed by atoms with E-state index in [0.29, 0.717) is 68.1 Å². The van der Waals surface area contributed by atoms with Gasteiger partial charge in [0.25, 0.3) is 15.9 Å². The Hall–Kier alpha value is -3.52. The molecule has 2 amide bonds. The van der Waals surface area contributed by atoms with Gasteiger partial charge in [0.15, 0.2) is 0 Å². The number of sulfonamides is 1. The van der Waals surface area contributed by atoms with Crippen LogP contribution in [0.4, 0.5) is 10.5 Å². The zero-order valence-electron chi connectivity index (χ0n) is 29.3. The van der Waals surface area contributed by atoms with E-state index in [1.165, 1.54) is 19.9 Å². The molecule has 5 aliphatic rings. The zero-order chi connectivity index (χ0) is 36.0. The van der Waals surface area contributed by atoms with E-state index in [-0.39, 0.29) is 29.4 Å². The molecule has 2 bridgehead atoms. The molecule has 12 nitrogen and oxygen atoms in total. The predicted molar refractivity (Wildman–Crippen MR) is 190 cm³/mol. The summed E-state index contributed by atoms with van der Waals surface area (Å²) >= 11 is 6.37. The summed E-state index contributed by atoms with van der Waals surface area (Å²) in [5.41, 5.74) is -0.364. The van der Waals surface area contributed by atoms with E-state index in [1.54, 1.807) is 30.2 Å². The van der Waals surface area contributed by atoms with E-state index in [9.17, 15) is 18.0 Å². The second-order valence-electron chi connectivity index (χ2n) is 14.8. The fourth-order valence-electron chi connectivity index (χ4n) is 7.81. The fourth-order valence-corrected chi connectivity index (χ4v) is 9.09. The van der Waals surface area contributed by atoms with Crippen LogP contribution in [0.2, 0.25) is 5.02 Å². The lowest BCUT2D eigenvalue weighted by atomic mass is 9.69. The van der Waals surface area contributed by atoms with Crippen molar-refractivity contribution in [3.05, 3.63) is 59.1 Å². The third-order valence-electron chi connectivity index (χ3n) is 11.2. The number of nitrogens with zero attached hydrogens (tertiary/aromatic N) is 2. The van der Waals surface area contributed by atoms with E-state index < -0.39 is 39.1 Å². The van der Waals surface area contributed by atoms with Gasteiger partial charge < -0.3 is 33.5 Å². The predicted octanol–water partition coefficient (Wildman–Crippen LogP) is 5.07. The van der Waals surface area contributed by atoms with Gasteiger partial charge >= 0.3 is 6.09 Å². The molecule has 4 heterocycles. The van der Waals surface area contributed by atoms with Crippen molar-refractivity contribution in [2.75, 3.05) is 58.1 Å². The maximum Gasteiger partial charge on any atom is 0.410 e. The first kappa shape index (κ1) is 35.9. The molecule has 1 saturated carbocycles. The number of carbonyl (C=O) groups excluding carboxylic acids is 2. The Bertz CT molecular complexity index is 1800. The third kappa shape index (κ3) is 7.27. The molecular formula is C37H46ClN3O9S. The van der Waals surface area contributed by atoms with E-state index in [1.807, 2.05) is 24.3 Å². The second-order valence-corrected chi connectivity index (χ2v) is 16.9. The third-order valence-corrected chi connectivity index (χ3v) is 12.8. The lowest BCUT2D eigenvalue weighted by Crippen LogP contribution is -2.51. The van der Waals surface area contributed by atoms with E-state index in [0.717, 1.165) is 31.2 Å². The van der Waals surface area contributed by atoms with E-state index in [2.05, 4.69) is 9.62 Å². The molecule has 2 aromatic rings. The zero-order valence-corrected chi connectivity index (χ0v) is 30.8. The first-order valence-electron chi connectivity index (χ1n) is 17.7. The molecule has 1 N–H and O–H groups in total. The summed E-state index contributed by atoms with van der Waals surface area (Å²) in [5.74, 6) is 0.552. The average Bonchev–Trinajstić information content (AvgIpc) is 3.24. The first-order chi connectivity index (χ1) is 24.3. The maximum absolute atomic E-state index is 13.7. The molecule has 1 aliphatic carbocycles. The van der Waals surface area contributed by atoms with Crippen molar-refractivity contribution in [3.8, 4) is 11.5 Å². The summed E-state index contributed by atoms with van der Waals surface area (Å²) in [4.78, 5) is 30.7. The number of fused-ring (bicyclic) bond motifs is 4. The largest absolute Gasteiger partial charge is 0.493 e. The molecule has 4 aliphatic heterocycles. The van der Waals surface area contributed by atoms with Gasteiger partial charge in [-0.05, 0) is 88.3 Å². The smallest absolute Gasteiger partial charge is 0.410 e. The summed E-state index contributed by atoms with van der Waals surface area (Å²) in [6.45, 7) is 6.15. The second kappa shape index (κ2) is 14.1. The van der Waals surface area contributed by atoms with Crippen LogP contribution in [0.5, 0.6) is 11.5 Å². The van der Waals surface area contributed by atoms with Crippen LogP contribution in [0.1, 0.15) is 51.5 Å². The molecule has 2 fully saturated rings. The molecular weight excluding hydrogens is 698 g/mol. The number of amides is 2. The molecule has 0 unspecified atom stereocenters. The van der Waals surface area contributed by atoms with Crippen LogP contribution in [0.3, 0.4) is 0 Å². The highest BCUT2D eigenvalue weighted by atomic mass is 35.5. The van der Waals surface area contributed by atoms with Gasteiger partial charge in [-0.3, -0.25) is 4.79 Å².